The number of nitrogens with two attached hydrogens (primary N) is 2. The summed E-state index contributed by atoms with van der Waals surface area (Å²) in [7, 11) is -3.45. The molecule has 0 aliphatic rings. The van der Waals surface area contributed by atoms with Gasteiger partial charge in [-0.2, -0.15) is 0 Å². The predicted molar refractivity (Wildman–Crippen MR) is 115 cm³/mol. The van der Waals surface area contributed by atoms with Gasteiger partial charge in [-0.05, 0) is 37.1 Å². The zero-order valence-electron chi connectivity index (χ0n) is 17.9. The van der Waals surface area contributed by atoms with Crippen LogP contribution in [0.5, 0.6) is 0 Å². The number of rotatable bonds is 7. The van der Waals surface area contributed by atoms with Crippen molar-refractivity contribution in [2.45, 2.75) is 60.4 Å². The molecule has 0 aliphatic carbocycles. The molecule has 0 aliphatic heterocycles. The maximum Gasteiger partial charge on any atom is 0.209 e. The van der Waals surface area contributed by atoms with E-state index in [0.717, 1.165) is 18.4 Å². The molecule has 0 saturated carbocycles. The summed E-state index contributed by atoms with van der Waals surface area (Å²) in [5.74, 6) is -1.57. The fraction of sp³-hybridized carbons (Fsp3) is 0.500. The summed E-state index contributed by atoms with van der Waals surface area (Å²) in [5, 5.41) is 0. The van der Waals surface area contributed by atoms with E-state index in [1.54, 1.807) is 6.92 Å². The standard InChI is InChI=1S/C16H23F2N3O2S.2C2H6/c1-4-6-14(21-24(3,22)23)16(20)10(2)9-13(19)15-11(17)7-5-8-12(15)18;2*1-2/h5,7-9,14,21H,4,6,19-20H2,1-3H3;2*1-2H3/b13-9-,16-10-;;. The van der Waals surface area contributed by atoms with Crippen molar-refractivity contribution in [1.29, 1.82) is 0 Å². The highest BCUT2D eigenvalue weighted by Gasteiger charge is 2.18. The fourth-order valence-electron chi connectivity index (χ4n) is 2.26. The second-order valence-corrected chi connectivity index (χ2v) is 7.35. The van der Waals surface area contributed by atoms with Crippen LogP contribution in [-0.4, -0.2) is 20.7 Å². The maximum absolute atomic E-state index is 13.8. The van der Waals surface area contributed by atoms with E-state index in [1.165, 1.54) is 12.1 Å². The normalized spacial score (nSPS) is 13.4. The van der Waals surface area contributed by atoms with E-state index < -0.39 is 27.7 Å². The lowest BCUT2D eigenvalue weighted by Crippen LogP contribution is -2.38. The molecule has 8 heteroatoms. The molecule has 1 unspecified atom stereocenters. The van der Waals surface area contributed by atoms with E-state index in [4.69, 9.17) is 11.5 Å². The van der Waals surface area contributed by atoms with Gasteiger partial charge in [0.15, 0.2) is 0 Å². The minimum atomic E-state index is -3.45. The van der Waals surface area contributed by atoms with Gasteiger partial charge in [0, 0.05) is 11.4 Å². The smallest absolute Gasteiger partial charge is 0.209 e. The number of benzene rings is 1. The van der Waals surface area contributed by atoms with Crippen molar-refractivity contribution in [1.82, 2.24) is 4.72 Å². The molecule has 1 aromatic rings. The summed E-state index contributed by atoms with van der Waals surface area (Å²) in [5.41, 5.74) is 12.0. The number of nitrogens with one attached hydrogen (secondary N) is 1. The molecular formula is C20H35F2N3O2S. The lowest BCUT2D eigenvalue weighted by molar-refractivity contribution is 0.554. The van der Waals surface area contributed by atoms with Gasteiger partial charge in [0.1, 0.15) is 11.6 Å². The molecule has 0 fully saturated rings. The zero-order chi connectivity index (χ0) is 22.5. The number of sulfonamides is 1. The minimum absolute atomic E-state index is 0.124. The Hall–Kier alpha value is -1.93. The molecule has 0 amide bonds. The summed E-state index contributed by atoms with van der Waals surface area (Å²) in [6, 6.07) is 2.84. The van der Waals surface area contributed by atoms with Crippen LogP contribution in [0.2, 0.25) is 0 Å². The van der Waals surface area contributed by atoms with Crippen LogP contribution < -0.4 is 16.2 Å². The van der Waals surface area contributed by atoms with Gasteiger partial charge in [-0.3, -0.25) is 0 Å². The molecular weight excluding hydrogens is 384 g/mol. The van der Waals surface area contributed by atoms with E-state index in [1.807, 2.05) is 34.6 Å². The molecule has 5 nitrogen and oxygen atoms in total. The van der Waals surface area contributed by atoms with Gasteiger partial charge >= 0.3 is 0 Å². The largest absolute Gasteiger partial charge is 0.401 e. The van der Waals surface area contributed by atoms with Crippen molar-refractivity contribution < 1.29 is 17.2 Å². The molecule has 5 N–H and O–H groups in total. The fourth-order valence-corrected chi connectivity index (χ4v) is 3.02. The molecule has 0 heterocycles. The highest BCUT2D eigenvalue weighted by molar-refractivity contribution is 7.88. The first-order valence-corrected chi connectivity index (χ1v) is 11.3. The molecule has 162 valence electrons. The third-order valence-corrected chi connectivity index (χ3v) is 4.10. The van der Waals surface area contributed by atoms with Crippen LogP contribution >= 0.6 is 0 Å². The lowest BCUT2D eigenvalue weighted by atomic mass is 10.0. The van der Waals surface area contributed by atoms with Crippen LogP contribution in [0.4, 0.5) is 8.78 Å². The van der Waals surface area contributed by atoms with Crippen molar-refractivity contribution in [3.63, 3.8) is 0 Å². The van der Waals surface area contributed by atoms with Crippen molar-refractivity contribution in [3.8, 4) is 0 Å². The SMILES string of the molecule is CC.CC.CCCC(NS(C)(=O)=O)/C(N)=C(C)/C=C(\N)c1c(F)cccc1F. The Kier molecular flexibility index (Phi) is 14.3. The zero-order valence-corrected chi connectivity index (χ0v) is 18.8. The highest BCUT2D eigenvalue weighted by Crippen LogP contribution is 2.20. The summed E-state index contributed by atoms with van der Waals surface area (Å²) < 4.78 is 52.8. The van der Waals surface area contributed by atoms with E-state index in [-0.39, 0.29) is 17.0 Å². The van der Waals surface area contributed by atoms with Crippen LogP contribution in [0, 0.1) is 11.6 Å². The molecule has 0 aromatic heterocycles. The number of hydrogen-bond acceptors (Lipinski definition) is 4. The van der Waals surface area contributed by atoms with Crippen LogP contribution in [0.1, 0.15) is 59.9 Å². The molecule has 1 aromatic carbocycles. The van der Waals surface area contributed by atoms with Crippen molar-refractivity contribution in [2.24, 2.45) is 11.5 Å². The Morgan fingerprint density at radius 2 is 1.61 bits per heavy atom. The molecule has 0 saturated heterocycles. The van der Waals surface area contributed by atoms with Crippen LogP contribution in [0.15, 0.2) is 35.5 Å². The van der Waals surface area contributed by atoms with E-state index in [0.29, 0.717) is 18.4 Å². The minimum Gasteiger partial charge on any atom is -0.401 e. The van der Waals surface area contributed by atoms with Crippen LogP contribution in [-0.2, 0) is 10.0 Å². The maximum atomic E-state index is 13.8. The van der Waals surface area contributed by atoms with Gasteiger partial charge in [0.05, 0.1) is 17.9 Å². The summed E-state index contributed by atoms with van der Waals surface area (Å²) >= 11 is 0. The van der Waals surface area contributed by atoms with Gasteiger partial charge < -0.3 is 11.5 Å². The third kappa shape index (κ3) is 9.85. The van der Waals surface area contributed by atoms with E-state index in [9.17, 15) is 17.2 Å². The second kappa shape index (κ2) is 14.1. The van der Waals surface area contributed by atoms with Gasteiger partial charge in [-0.25, -0.2) is 21.9 Å². The van der Waals surface area contributed by atoms with Crippen molar-refractivity contribution in [3.05, 3.63) is 52.7 Å². The Morgan fingerprint density at radius 3 is 2.00 bits per heavy atom. The molecule has 0 radical (unpaired) electrons. The first-order valence-electron chi connectivity index (χ1n) is 9.42. The summed E-state index contributed by atoms with van der Waals surface area (Å²) in [6.07, 6.45) is 3.56. The van der Waals surface area contributed by atoms with Crippen molar-refractivity contribution >= 4 is 15.7 Å². The number of halogens is 2. The average molecular weight is 420 g/mol. The Labute approximate surface area is 168 Å². The third-order valence-electron chi connectivity index (χ3n) is 3.39. The quantitative estimate of drug-likeness (QED) is 0.575. The molecule has 0 bridgehead atoms. The predicted octanol–water partition coefficient (Wildman–Crippen LogP) is 4.27. The topological polar surface area (TPSA) is 98.2 Å². The molecule has 1 rings (SSSR count). The lowest BCUT2D eigenvalue weighted by Gasteiger charge is -2.19. The first kappa shape index (κ1) is 28.3. The summed E-state index contributed by atoms with van der Waals surface area (Å²) in [4.78, 5) is 0. The summed E-state index contributed by atoms with van der Waals surface area (Å²) in [6.45, 7) is 11.5. The second-order valence-electron chi connectivity index (χ2n) is 5.57. The first-order chi connectivity index (χ1) is 13.1. The monoisotopic (exact) mass is 419 g/mol. The Bertz CT molecular complexity index is 740. The van der Waals surface area contributed by atoms with Crippen LogP contribution in [0.25, 0.3) is 5.70 Å². The van der Waals surface area contributed by atoms with Gasteiger partial charge in [-0.15, -0.1) is 0 Å². The van der Waals surface area contributed by atoms with Gasteiger partial charge in [0.25, 0.3) is 0 Å². The van der Waals surface area contributed by atoms with Crippen LogP contribution in [0.3, 0.4) is 0 Å². The van der Waals surface area contributed by atoms with Gasteiger partial charge in [0.2, 0.25) is 10.0 Å². The Morgan fingerprint density at radius 1 is 1.14 bits per heavy atom. The molecule has 1 atom stereocenters. The molecule has 0 spiro atoms. The number of hydrogen-bond donors (Lipinski definition) is 3. The average Bonchev–Trinajstić information content (AvgIpc) is 2.62. The number of allylic oxidation sites excluding steroid dienone is 2. The van der Waals surface area contributed by atoms with Gasteiger partial charge in [-0.1, -0.05) is 47.1 Å². The molecule has 28 heavy (non-hydrogen) atoms. The Balaban J connectivity index is 0. The van der Waals surface area contributed by atoms with E-state index in [2.05, 4.69) is 4.72 Å². The van der Waals surface area contributed by atoms with Crippen molar-refractivity contribution in [2.75, 3.05) is 6.26 Å². The van der Waals surface area contributed by atoms with E-state index >= 15 is 0 Å². The highest BCUT2D eigenvalue weighted by atomic mass is 32.2.